The summed E-state index contributed by atoms with van der Waals surface area (Å²) in [5.41, 5.74) is 4.49. The lowest BCUT2D eigenvalue weighted by Crippen LogP contribution is -2.25. The zero-order chi connectivity index (χ0) is 12.2. The minimum Gasteiger partial charge on any atom is -0.298 e. The topological polar surface area (TPSA) is 3.24 Å². The average Bonchev–Trinajstić information content (AvgIpc) is 2.63. The third-order valence-electron chi connectivity index (χ3n) is 3.76. The van der Waals surface area contributed by atoms with E-state index in [-0.39, 0.29) is 0 Å². The molecule has 2 aromatic rings. The number of hydrogen-bond donors (Lipinski definition) is 0. The van der Waals surface area contributed by atoms with Gasteiger partial charge in [0.05, 0.1) is 0 Å². The Kier molecular flexibility index (Phi) is 3.42. The zero-order valence-electron chi connectivity index (χ0n) is 10.7. The van der Waals surface area contributed by atoms with Crippen LogP contribution in [0.5, 0.6) is 0 Å². The lowest BCUT2D eigenvalue weighted by molar-refractivity contribution is 0.279. The van der Waals surface area contributed by atoms with Gasteiger partial charge in [-0.25, -0.2) is 0 Å². The fourth-order valence-corrected chi connectivity index (χ4v) is 2.71. The monoisotopic (exact) mass is 237 g/mol. The molecule has 92 valence electrons. The molecule has 2 aromatic carbocycles. The lowest BCUT2D eigenvalue weighted by atomic mass is 10.0. The van der Waals surface area contributed by atoms with E-state index in [0.29, 0.717) is 0 Å². The largest absolute Gasteiger partial charge is 0.298 e. The van der Waals surface area contributed by atoms with Gasteiger partial charge in [0.15, 0.2) is 0 Å². The van der Waals surface area contributed by atoms with Crippen molar-refractivity contribution in [1.82, 2.24) is 4.90 Å². The lowest BCUT2D eigenvalue weighted by Gasteiger charge is -2.19. The molecule has 0 amide bonds. The second-order valence-electron chi connectivity index (χ2n) is 5.03. The maximum Gasteiger partial charge on any atom is 0.0233 e. The molecule has 1 nitrogen and oxygen atoms in total. The third-order valence-corrected chi connectivity index (χ3v) is 3.76. The van der Waals surface area contributed by atoms with Crippen LogP contribution in [0.2, 0.25) is 0 Å². The third kappa shape index (κ3) is 2.62. The van der Waals surface area contributed by atoms with Crippen LogP contribution in [-0.4, -0.2) is 18.0 Å². The predicted octanol–water partition coefficient (Wildman–Crippen LogP) is 3.29. The van der Waals surface area contributed by atoms with Crippen molar-refractivity contribution in [2.45, 2.75) is 19.4 Å². The van der Waals surface area contributed by atoms with E-state index in [9.17, 15) is 0 Å². The van der Waals surface area contributed by atoms with Crippen LogP contribution < -0.4 is 0 Å². The van der Waals surface area contributed by atoms with E-state index in [1.807, 2.05) is 0 Å². The Morgan fingerprint density at radius 3 is 1.89 bits per heavy atom. The molecule has 0 spiro atoms. The molecule has 3 rings (SSSR count). The number of hydrogen-bond acceptors (Lipinski definition) is 1. The molecule has 1 aliphatic rings. The van der Waals surface area contributed by atoms with E-state index in [0.717, 1.165) is 6.54 Å². The minimum absolute atomic E-state index is 1.08. The molecule has 18 heavy (non-hydrogen) atoms. The Hall–Kier alpha value is -1.60. The Morgan fingerprint density at radius 2 is 1.28 bits per heavy atom. The minimum atomic E-state index is 1.08. The first kappa shape index (κ1) is 11.5. The maximum atomic E-state index is 2.56. The Bertz CT molecular complexity index is 477. The van der Waals surface area contributed by atoms with Crippen LogP contribution in [0.15, 0.2) is 54.6 Å². The van der Waals surface area contributed by atoms with Crippen molar-refractivity contribution in [3.63, 3.8) is 0 Å². The van der Waals surface area contributed by atoms with Crippen LogP contribution >= 0.6 is 0 Å². The number of nitrogens with zero attached hydrogens (tertiary/aromatic N) is 1. The summed E-state index contributed by atoms with van der Waals surface area (Å²) >= 11 is 0. The van der Waals surface area contributed by atoms with E-state index < -0.39 is 0 Å². The second kappa shape index (κ2) is 5.36. The van der Waals surface area contributed by atoms with E-state index in [1.54, 1.807) is 0 Å². The van der Waals surface area contributed by atoms with E-state index in [1.165, 1.54) is 42.6 Å². The van der Waals surface area contributed by atoms with Crippen LogP contribution in [0.25, 0.3) is 0 Å². The number of fused-ring (bicyclic) bond motifs is 1. The van der Waals surface area contributed by atoms with Gasteiger partial charge in [0.2, 0.25) is 0 Å². The first-order valence-electron chi connectivity index (χ1n) is 6.75. The summed E-state index contributed by atoms with van der Waals surface area (Å²) in [5.74, 6) is 0. The van der Waals surface area contributed by atoms with Gasteiger partial charge < -0.3 is 0 Å². The van der Waals surface area contributed by atoms with Crippen molar-refractivity contribution in [3.05, 3.63) is 71.3 Å². The predicted molar refractivity (Wildman–Crippen MR) is 75.6 cm³/mol. The van der Waals surface area contributed by atoms with Gasteiger partial charge in [-0.2, -0.15) is 0 Å². The number of benzene rings is 2. The van der Waals surface area contributed by atoms with Crippen LogP contribution in [0, 0.1) is 0 Å². The summed E-state index contributed by atoms with van der Waals surface area (Å²) in [6.45, 7) is 3.42. The van der Waals surface area contributed by atoms with Crippen LogP contribution in [0.1, 0.15) is 16.7 Å². The van der Waals surface area contributed by atoms with Gasteiger partial charge in [-0.05, 0) is 29.5 Å². The number of rotatable bonds is 2. The van der Waals surface area contributed by atoms with Crippen LogP contribution in [0.4, 0.5) is 0 Å². The molecule has 0 saturated heterocycles. The van der Waals surface area contributed by atoms with E-state index in [2.05, 4.69) is 59.5 Å². The molecule has 1 heterocycles. The van der Waals surface area contributed by atoms with Crippen LogP contribution in [-0.2, 0) is 19.4 Å². The molecular formula is C17H19N. The summed E-state index contributed by atoms with van der Waals surface area (Å²) in [6, 6.07) is 19.7. The Labute approximate surface area is 109 Å². The van der Waals surface area contributed by atoms with Gasteiger partial charge in [0.25, 0.3) is 0 Å². The second-order valence-corrected chi connectivity index (χ2v) is 5.03. The van der Waals surface area contributed by atoms with Gasteiger partial charge in [-0.15, -0.1) is 0 Å². The molecule has 0 atom stereocenters. The molecule has 0 aliphatic carbocycles. The SMILES string of the molecule is c1ccc(CN2CCc3ccccc3CC2)cc1. The quantitative estimate of drug-likeness (QED) is 0.774. The smallest absolute Gasteiger partial charge is 0.0233 e. The standard InChI is InChI=1S/C17H19N/c1-2-6-15(7-3-1)14-18-12-10-16-8-4-5-9-17(16)11-13-18/h1-9H,10-14H2. The van der Waals surface area contributed by atoms with Crippen molar-refractivity contribution < 1.29 is 0 Å². The molecule has 0 bridgehead atoms. The van der Waals surface area contributed by atoms with Gasteiger partial charge in [-0.1, -0.05) is 54.6 Å². The van der Waals surface area contributed by atoms with Gasteiger partial charge in [0.1, 0.15) is 0 Å². The first-order valence-corrected chi connectivity index (χ1v) is 6.75. The highest BCUT2D eigenvalue weighted by Gasteiger charge is 2.13. The molecule has 0 fully saturated rings. The molecular weight excluding hydrogens is 218 g/mol. The first-order chi connectivity index (χ1) is 8.92. The molecule has 1 aliphatic heterocycles. The van der Waals surface area contributed by atoms with E-state index >= 15 is 0 Å². The van der Waals surface area contributed by atoms with Crippen LogP contribution in [0.3, 0.4) is 0 Å². The molecule has 0 N–H and O–H groups in total. The summed E-state index contributed by atoms with van der Waals surface area (Å²) in [7, 11) is 0. The van der Waals surface area contributed by atoms with Crippen molar-refractivity contribution in [2.24, 2.45) is 0 Å². The van der Waals surface area contributed by atoms with Gasteiger partial charge >= 0.3 is 0 Å². The fraction of sp³-hybridized carbons (Fsp3) is 0.294. The Morgan fingerprint density at radius 1 is 0.722 bits per heavy atom. The van der Waals surface area contributed by atoms with Crippen molar-refractivity contribution in [3.8, 4) is 0 Å². The molecule has 0 aromatic heterocycles. The molecule has 0 radical (unpaired) electrons. The van der Waals surface area contributed by atoms with Crippen molar-refractivity contribution in [1.29, 1.82) is 0 Å². The highest BCUT2D eigenvalue weighted by molar-refractivity contribution is 5.28. The maximum absolute atomic E-state index is 2.56. The Balaban J connectivity index is 1.68. The van der Waals surface area contributed by atoms with E-state index in [4.69, 9.17) is 0 Å². The average molecular weight is 237 g/mol. The zero-order valence-corrected chi connectivity index (χ0v) is 10.7. The molecule has 0 unspecified atom stereocenters. The van der Waals surface area contributed by atoms with Crippen molar-refractivity contribution in [2.75, 3.05) is 13.1 Å². The summed E-state index contributed by atoms with van der Waals surface area (Å²) in [4.78, 5) is 2.56. The summed E-state index contributed by atoms with van der Waals surface area (Å²) in [6.07, 6.45) is 2.37. The highest BCUT2D eigenvalue weighted by Crippen LogP contribution is 2.16. The van der Waals surface area contributed by atoms with Crippen molar-refractivity contribution >= 4 is 0 Å². The summed E-state index contributed by atoms with van der Waals surface area (Å²) in [5, 5.41) is 0. The highest BCUT2D eigenvalue weighted by atomic mass is 15.1. The molecule has 0 saturated carbocycles. The molecule has 1 heteroatoms. The summed E-state index contributed by atoms with van der Waals surface area (Å²) < 4.78 is 0. The van der Waals surface area contributed by atoms with Gasteiger partial charge in [-0.3, -0.25) is 4.90 Å². The normalized spacial score (nSPS) is 16.0. The fourth-order valence-electron chi connectivity index (χ4n) is 2.71. The van der Waals surface area contributed by atoms with Gasteiger partial charge in [0, 0.05) is 19.6 Å².